The van der Waals surface area contributed by atoms with Crippen molar-refractivity contribution >= 4 is 0 Å². The van der Waals surface area contributed by atoms with Gasteiger partial charge < -0.3 is 4.90 Å². The van der Waals surface area contributed by atoms with Gasteiger partial charge in [-0.25, -0.2) is 8.78 Å². The SMILES string of the molecule is C#C.CC(C)C.CN1CCC(F)(F)C1. The second-order valence-electron chi connectivity index (χ2n) is 4.08. The second-order valence-corrected chi connectivity index (χ2v) is 4.08. The molecule has 1 rings (SSSR count). The highest BCUT2D eigenvalue weighted by molar-refractivity contribution is 4.78. The summed E-state index contributed by atoms with van der Waals surface area (Å²) < 4.78 is 24.3. The minimum absolute atomic E-state index is 0.0312. The molecule has 0 aromatic rings. The molecule has 84 valence electrons. The summed E-state index contributed by atoms with van der Waals surface area (Å²) in [6, 6.07) is 0. The lowest BCUT2D eigenvalue weighted by Gasteiger charge is -2.06. The van der Waals surface area contributed by atoms with Crippen molar-refractivity contribution in [2.45, 2.75) is 33.1 Å². The molecule has 0 atom stereocenters. The summed E-state index contributed by atoms with van der Waals surface area (Å²) in [5.74, 6) is -1.57. The van der Waals surface area contributed by atoms with Crippen molar-refractivity contribution in [3.63, 3.8) is 0 Å². The summed E-state index contributed by atoms with van der Waals surface area (Å²) in [7, 11) is 1.71. The highest BCUT2D eigenvalue weighted by Gasteiger charge is 2.35. The summed E-state index contributed by atoms with van der Waals surface area (Å²) in [5, 5.41) is 0. The van der Waals surface area contributed by atoms with Crippen molar-refractivity contribution < 1.29 is 8.78 Å². The molecule has 1 aliphatic heterocycles. The highest BCUT2D eigenvalue weighted by atomic mass is 19.3. The lowest BCUT2D eigenvalue weighted by Crippen LogP contribution is -2.21. The van der Waals surface area contributed by atoms with E-state index in [0.29, 0.717) is 6.54 Å². The maximum absolute atomic E-state index is 12.2. The van der Waals surface area contributed by atoms with Gasteiger partial charge in [-0.05, 0) is 13.0 Å². The van der Waals surface area contributed by atoms with Crippen LogP contribution in [0.3, 0.4) is 0 Å². The van der Waals surface area contributed by atoms with Crippen LogP contribution in [0, 0.1) is 18.8 Å². The molecule has 0 aromatic heterocycles. The lowest BCUT2D eigenvalue weighted by atomic mass is 10.3. The normalized spacial score (nSPS) is 19.2. The molecule has 0 bridgehead atoms. The third kappa shape index (κ3) is 11.4. The largest absolute Gasteiger partial charge is 0.300 e. The van der Waals surface area contributed by atoms with E-state index in [1.807, 2.05) is 0 Å². The minimum Gasteiger partial charge on any atom is -0.300 e. The van der Waals surface area contributed by atoms with Crippen molar-refractivity contribution in [3.8, 4) is 12.8 Å². The Morgan fingerprint density at radius 2 is 1.57 bits per heavy atom. The first kappa shape index (κ1) is 15.8. The van der Waals surface area contributed by atoms with Gasteiger partial charge >= 0.3 is 0 Å². The summed E-state index contributed by atoms with van der Waals surface area (Å²) in [5.41, 5.74) is 0. The van der Waals surface area contributed by atoms with E-state index < -0.39 is 5.92 Å². The van der Waals surface area contributed by atoms with Crippen LogP contribution in [0.4, 0.5) is 8.78 Å². The average Bonchev–Trinajstić information content (AvgIpc) is 2.32. The monoisotopic (exact) mass is 205 g/mol. The van der Waals surface area contributed by atoms with Crippen molar-refractivity contribution in [2.75, 3.05) is 20.1 Å². The quantitative estimate of drug-likeness (QED) is 0.550. The molecule has 1 fully saturated rings. The molecule has 0 aromatic carbocycles. The molecule has 0 saturated carbocycles. The zero-order chi connectivity index (χ0) is 11.8. The van der Waals surface area contributed by atoms with E-state index in [9.17, 15) is 8.78 Å². The third-order valence-corrected chi connectivity index (χ3v) is 1.36. The number of alkyl halides is 2. The van der Waals surface area contributed by atoms with Gasteiger partial charge in [-0.15, -0.1) is 12.8 Å². The van der Waals surface area contributed by atoms with Gasteiger partial charge in [-0.1, -0.05) is 20.8 Å². The zero-order valence-corrected chi connectivity index (χ0v) is 9.56. The smallest absolute Gasteiger partial charge is 0.261 e. The molecular weight excluding hydrogens is 184 g/mol. The van der Waals surface area contributed by atoms with Gasteiger partial charge in [0.15, 0.2) is 0 Å². The van der Waals surface area contributed by atoms with Crippen LogP contribution in [0.25, 0.3) is 0 Å². The first-order valence-corrected chi connectivity index (χ1v) is 4.73. The number of hydrogen-bond donors (Lipinski definition) is 0. The van der Waals surface area contributed by atoms with E-state index in [1.165, 1.54) is 0 Å². The number of nitrogens with zero attached hydrogens (tertiary/aromatic N) is 1. The van der Waals surface area contributed by atoms with E-state index in [4.69, 9.17) is 0 Å². The molecule has 0 aliphatic carbocycles. The summed E-state index contributed by atoms with van der Waals surface area (Å²) in [4.78, 5) is 1.64. The second kappa shape index (κ2) is 7.75. The number of rotatable bonds is 0. The summed E-state index contributed by atoms with van der Waals surface area (Å²) in [6.07, 6.45) is 8.03. The minimum atomic E-state index is -2.41. The van der Waals surface area contributed by atoms with Gasteiger partial charge in [-0.3, -0.25) is 0 Å². The van der Waals surface area contributed by atoms with Crippen LogP contribution in [0.15, 0.2) is 0 Å². The van der Waals surface area contributed by atoms with Crippen LogP contribution in [-0.2, 0) is 0 Å². The topological polar surface area (TPSA) is 3.24 Å². The Hall–Kier alpha value is -0.620. The summed E-state index contributed by atoms with van der Waals surface area (Å²) >= 11 is 0. The Balaban J connectivity index is 0. The average molecular weight is 205 g/mol. The molecule has 1 nitrogen and oxygen atoms in total. The number of hydrogen-bond acceptors (Lipinski definition) is 1. The Morgan fingerprint density at radius 3 is 1.64 bits per heavy atom. The van der Waals surface area contributed by atoms with E-state index in [0.717, 1.165) is 5.92 Å². The molecule has 1 aliphatic rings. The Bertz CT molecular complexity index is 150. The number of terminal acetylenes is 1. The molecule has 3 heteroatoms. The maximum atomic E-state index is 12.2. The van der Waals surface area contributed by atoms with Crippen LogP contribution >= 0.6 is 0 Å². The van der Waals surface area contributed by atoms with E-state index in [2.05, 4.69) is 33.6 Å². The Kier molecular flexibility index (Phi) is 8.77. The van der Waals surface area contributed by atoms with Crippen molar-refractivity contribution in [1.82, 2.24) is 4.90 Å². The maximum Gasteiger partial charge on any atom is 0.261 e. The lowest BCUT2D eigenvalue weighted by molar-refractivity contribution is 0.0146. The Morgan fingerprint density at radius 1 is 1.21 bits per heavy atom. The van der Waals surface area contributed by atoms with Crippen LogP contribution in [0.2, 0.25) is 0 Å². The fourth-order valence-electron chi connectivity index (χ4n) is 0.907. The van der Waals surface area contributed by atoms with Crippen molar-refractivity contribution in [3.05, 3.63) is 0 Å². The molecular formula is C11H21F2N. The van der Waals surface area contributed by atoms with Gasteiger partial charge in [0.2, 0.25) is 0 Å². The zero-order valence-electron chi connectivity index (χ0n) is 9.56. The molecule has 0 radical (unpaired) electrons. The fourth-order valence-corrected chi connectivity index (χ4v) is 0.907. The molecule has 0 amide bonds. The molecule has 0 unspecified atom stereocenters. The molecule has 0 N–H and O–H groups in total. The Labute approximate surface area is 86.5 Å². The van der Waals surface area contributed by atoms with Crippen LogP contribution in [0.5, 0.6) is 0 Å². The van der Waals surface area contributed by atoms with Gasteiger partial charge in [0.05, 0.1) is 6.54 Å². The number of likely N-dealkylation sites (tertiary alicyclic amines) is 1. The van der Waals surface area contributed by atoms with Crippen LogP contribution in [0.1, 0.15) is 27.2 Å². The van der Waals surface area contributed by atoms with Gasteiger partial charge in [0.25, 0.3) is 5.92 Å². The van der Waals surface area contributed by atoms with Crippen molar-refractivity contribution in [2.24, 2.45) is 5.92 Å². The molecule has 1 saturated heterocycles. The standard InChI is InChI=1S/C5H9F2N.C4H10.C2H2/c1-8-3-2-5(6,7)4-8;1-4(2)3;1-2/h2-4H2,1H3;4H,1-3H3;1-2H. The molecule has 0 spiro atoms. The highest BCUT2D eigenvalue weighted by Crippen LogP contribution is 2.24. The van der Waals surface area contributed by atoms with E-state index in [-0.39, 0.29) is 13.0 Å². The fraction of sp³-hybridized carbons (Fsp3) is 0.818. The van der Waals surface area contributed by atoms with E-state index >= 15 is 0 Å². The summed E-state index contributed by atoms with van der Waals surface area (Å²) in [6.45, 7) is 6.97. The van der Waals surface area contributed by atoms with E-state index in [1.54, 1.807) is 11.9 Å². The molecule has 1 heterocycles. The van der Waals surface area contributed by atoms with Gasteiger partial charge in [-0.2, -0.15) is 0 Å². The predicted octanol–water partition coefficient (Wildman–Crippen LogP) is 2.87. The van der Waals surface area contributed by atoms with Crippen LogP contribution < -0.4 is 0 Å². The van der Waals surface area contributed by atoms with Gasteiger partial charge in [0, 0.05) is 13.0 Å². The number of halogens is 2. The predicted molar refractivity (Wildman–Crippen MR) is 57.5 cm³/mol. The first-order valence-electron chi connectivity index (χ1n) is 4.73. The van der Waals surface area contributed by atoms with Crippen molar-refractivity contribution in [1.29, 1.82) is 0 Å². The third-order valence-electron chi connectivity index (χ3n) is 1.36. The first-order chi connectivity index (χ1) is 6.33. The van der Waals surface area contributed by atoms with Crippen LogP contribution in [-0.4, -0.2) is 31.0 Å². The van der Waals surface area contributed by atoms with Gasteiger partial charge in [0.1, 0.15) is 0 Å². The molecule has 14 heavy (non-hydrogen) atoms.